The normalized spacial score (nSPS) is 15.9. The molecule has 1 heterocycles. The second kappa shape index (κ2) is 5.44. The van der Waals surface area contributed by atoms with Gasteiger partial charge in [-0.3, -0.25) is 0 Å². The summed E-state index contributed by atoms with van der Waals surface area (Å²) < 4.78 is 15.3. The van der Waals surface area contributed by atoms with E-state index in [0.29, 0.717) is 4.60 Å². The van der Waals surface area contributed by atoms with E-state index < -0.39 is 11.4 Å². The van der Waals surface area contributed by atoms with Crippen molar-refractivity contribution >= 4 is 27.3 Å². The molecule has 0 saturated heterocycles. The van der Waals surface area contributed by atoms with Gasteiger partial charge in [-0.1, -0.05) is 0 Å². The first-order chi connectivity index (χ1) is 7.30. The fourth-order valence-electron chi connectivity index (χ4n) is 0.955. The largest absolute Gasteiger partial charge is 0.598 e. The molecule has 1 aromatic heterocycles. The minimum Gasteiger partial charge on any atom is -0.598 e. The van der Waals surface area contributed by atoms with E-state index in [0.717, 1.165) is 5.69 Å². The minimum absolute atomic E-state index is 0.0827. The lowest BCUT2D eigenvalue weighted by atomic mass is 10.2. The Bertz CT molecular complexity index is 339. The van der Waals surface area contributed by atoms with E-state index in [-0.39, 0.29) is 10.8 Å². The summed E-state index contributed by atoms with van der Waals surface area (Å²) >= 11 is 2.12. The van der Waals surface area contributed by atoms with E-state index in [1.165, 1.54) is 0 Å². The molecule has 16 heavy (non-hydrogen) atoms. The molecule has 0 aliphatic heterocycles. The van der Waals surface area contributed by atoms with Crippen LogP contribution in [-0.4, -0.2) is 19.5 Å². The van der Waals surface area contributed by atoms with Gasteiger partial charge in [-0.2, -0.15) is 5.10 Å². The summed E-state index contributed by atoms with van der Waals surface area (Å²) in [7, 11) is 0. The first-order valence-electron chi connectivity index (χ1n) is 4.98. The maximum Gasteiger partial charge on any atom is 0.136 e. The summed E-state index contributed by atoms with van der Waals surface area (Å²) in [6, 6.07) is 3.59. The maximum absolute atomic E-state index is 11.9. The molecule has 0 saturated carbocycles. The predicted octanol–water partition coefficient (Wildman–Crippen LogP) is 2.35. The third kappa shape index (κ3) is 4.01. The molecule has 1 N–H and O–H groups in total. The summed E-state index contributed by atoms with van der Waals surface area (Å²) in [6.45, 7) is 7.70. The van der Waals surface area contributed by atoms with Gasteiger partial charge >= 0.3 is 0 Å². The molecule has 2 atom stereocenters. The zero-order valence-corrected chi connectivity index (χ0v) is 12.2. The highest BCUT2D eigenvalue weighted by Gasteiger charge is 2.28. The van der Waals surface area contributed by atoms with Crippen LogP contribution in [0.5, 0.6) is 0 Å². The van der Waals surface area contributed by atoms with Crippen LogP contribution in [-0.2, 0) is 11.4 Å². The first-order valence-corrected chi connectivity index (χ1v) is 6.92. The van der Waals surface area contributed by atoms with Crippen LogP contribution in [0.25, 0.3) is 0 Å². The highest BCUT2D eigenvalue weighted by atomic mass is 79.9. The van der Waals surface area contributed by atoms with Crippen molar-refractivity contribution in [3.05, 3.63) is 22.4 Å². The fourth-order valence-corrected chi connectivity index (χ4v) is 1.96. The molecule has 1 unspecified atom stereocenters. The Kier molecular flexibility index (Phi) is 4.73. The summed E-state index contributed by atoms with van der Waals surface area (Å²) in [5, 5.41) is 7.92. The monoisotopic (exact) mass is 305 g/mol. The molecule has 1 rings (SSSR count). The molecule has 0 bridgehead atoms. The molecule has 1 aromatic rings. The molecular formula is C10H16BrN3OS. The van der Waals surface area contributed by atoms with E-state index in [1.54, 1.807) is 0 Å². The number of rotatable bonds is 3. The second-order valence-electron chi connectivity index (χ2n) is 4.50. The Morgan fingerprint density at radius 1 is 1.38 bits per heavy atom. The highest BCUT2D eigenvalue weighted by molar-refractivity contribution is 9.10. The summed E-state index contributed by atoms with van der Waals surface area (Å²) in [5.41, 5.74) is 0.779. The Hall–Kier alpha value is -0.170. The molecule has 4 nitrogen and oxygen atoms in total. The Labute approximate surface area is 108 Å². The lowest BCUT2D eigenvalue weighted by molar-refractivity contribution is 0.528. The molecule has 90 valence electrons. The standard InChI is InChI=1S/C10H16BrN3OS/c1-7(14-16(15)10(2,3)4)8-5-6-9(11)13-12-8/h5-7,14H,1-4H3/t7-,16?/m1/s1. The Morgan fingerprint density at radius 2 is 2.00 bits per heavy atom. The Balaban J connectivity index is 2.65. The molecule has 0 amide bonds. The van der Waals surface area contributed by atoms with Crippen molar-refractivity contribution in [1.29, 1.82) is 0 Å². The zero-order chi connectivity index (χ0) is 12.3. The van der Waals surface area contributed by atoms with E-state index in [1.807, 2.05) is 39.8 Å². The lowest BCUT2D eigenvalue weighted by Crippen LogP contribution is -2.40. The van der Waals surface area contributed by atoms with Gasteiger partial charge in [0, 0.05) is 11.4 Å². The predicted molar refractivity (Wildman–Crippen MR) is 69.2 cm³/mol. The van der Waals surface area contributed by atoms with Gasteiger partial charge in [0.25, 0.3) is 0 Å². The van der Waals surface area contributed by atoms with Gasteiger partial charge in [-0.15, -0.1) is 9.82 Å². The van der Waals surface area contributed by atoms with Gasteiger partial charge in [-0.05, 0) is 55.8 Å². The molecule has 0 aromatic carbocycles. The van der Waals surface area contributed by atoms with Crippen LogP contribution in [0.3, 0.4) is 0 Å². The highest BCUT2D eigenvalue weighted by Crippen LogP contribution is 2.18. The van der Waals surface area contributed by atoms with Crippen molar-refractivity contribution in [2.24, 2.45) is 0 Å². The van der Waals surface area contributed by atoms with Crippen molar-refractivity contribution in [3.8, 4) is 0 Å². The van der Waals surface area contributed by atoms with E-state index in [2.05, 4.69) is 30.8 Å². The van der Waals surface area contributed by atoms with Gasteiger partial charge in [0.1, 0.15) is 9.35 Å². The molecule has 0 aliphatic rings. The quantitative estimate of drug-likeness (QED) is 0.871. The summed E-state index contributed by atoms with van der Waals surface area (Å²) in [5.74, 6) is 0. The number of aromatic nitrogens is 2. The third-order valence-electron chi connectivity index (χ3n) is 1.94. The topological polar surface area (TPSA) is 60.9 Å². The Morgan fingerprint density at radius 3 is 2.44 bits per heavy atom. The minimum atomic E-state index is -1.10. The molecule has 0 fully saturated rings. The number of halogens is 1. The number of hydrogen-bond acceptors (Lipinski definition) is 4. The van der Waals surface area contributed by atoms with Gasteiger partial charge in [0.05, 0.1) is 11.7 Å². The summed E-state index contributed by atoms with van der Waals surface area (Å²) in [6.07, 6.45) is 0. The number of hydrogen-bond donors (Lipinski definition) is 1. The van der Waals surface area contributed by atoms with Crippen LogP contribution in [0.15, 0.2) is 16.7 Å². The van der Waals surface area contributed by atoms with E-state index in [9.17, 15) is 4.55 Å². The van der Waals surface area contributed by atoms with Crippen molar-refractivity contribution in [3.63, 3.8) is 0 Å². The number of nitrogens with zero attached hydrogens (tertiary/aromatic N) is 2. The molecule has 6 heteroatoms. The van der Waals surface area contributed by atoms with Gasteiger partial charge in [0.2, 0.25) is 0 Å². The average Bonchev–Trinajstić information content (AvgIpc) is 2.17. The SMILES string of the molecule is C[C@@H](N[S+]([O-])C(C)(C)C)c1ccc(Br)nn1. The number of nitrogens with one attached hydrogen (secondary N) is 1. The van der Waals surface area contributed by atoms with Crippen LogP contribution < -0.4 is 4.72 Å². The van der Waals surface area contributed by atoms with Crippen LogP contribution in [0, 0.1) is 0 Å². The lowest BCUT2D eigenvalue weighted by Gasteiger charge is -2.26. The van der Waals surface area contributed by atoms with Gasteiger partial charge in [-0.25, -0.2) is 0 Å². The third-order valence-corrected chi connectivity index (χ3v) is 4.04. The van der Waals surface area contributed by atoms with Crippen molar-refractivity contribution in [2.45, 2.75) is 38.5 Å². The van der Waals surface area contributed by atoms with Crippen molar-refractivity contribution < 1.29 is 4.55 Å². The van der Waals surface area contributed by atoms with Crippen LogP contribution in [0.2, 0.25) is 0 Å². The van der Waals surface area contributed by atoms with Crippen LogP contribution in [0.1, 0.15) is 39.4 Å². The van der Waals surface area contributed by atoms with Crippen molar-refractivity contribution in [1.82, 2.24) is 14.9 Å². The second-order valence-corrected chi connectivity index (χ2v) is 7.31. The van der Waals surface area contributed by atoms with Crippen LogP contribution >= 0.6 is 15.9 Å². The molecule has 0 radical (unpaired) electrons. The average molecular weight is 306 g/mol. The fraction of sp³-hybridized carbons (Fsp3) is 0.600. The maximum atomic E-state index is 11.9. The zero-order valence-electron chi connectivity index (χ0n) is 9.82. The van der Waals surface area contributed by atoms with Crippen molar-refractivity contribution in [2.75, 3.05) is 0 Å². The van der Waals surface area contributed by atoms with Crippen LogP contribution in [0.4, 0.5) is 0 Å². The molecule has 0 spiro atoms. The summed E-state index contributed by atoms with van der Waals surface area (Å²) in [4.78, 5) is 0. The smallest absolute Gasteiger partial charge is 0.136 e. The van der Waals surface area contributed by atoms with Gasteiger partial charge < -0.3 is 4.55 Å². The molecular weight excluding hydrogens is 290 g/mol. The van der Waals surface area contributed by atoms with E-state index >= 15 is 0 Å². The first kappa shape index (κ1) is 13.9. The van der Waals surface area contributed by atoms with E-state index in [4.69, 9.17) is 0 Å². The van der Waals surface area contributed by atoms with Gasteiger partial charge in [0.15, 0.2) is 0 Å². The molecule has 0 aliphatic carbocycles.